The van der Waals surface area contributed by atoms with E-state index >= 15 is 0 Å². The van der Waals surface area contributed by atoms with Gasteiger partial charge in [-0.05, 0) is 42.7 Å². The molecule has 0 aromatic heterocycles. The molecular formula is C17H25N. The van der Waals surface area contributed by atoms with Crippen molar-refractivity contribution < 1.29 is 0 Å². The molecule has 0 bridgehead atoms. The molecule has 3 unspecified atom stereocenters. The van der Waals surface area contributed by atoms with Crippen LogP contribution in [0.25, 0.3) is 0 Å². The Labute approximate surface area is 111 Å². The molecule has 2 fully saturated rings. The highest BCUT2D eigenvalue weighted by Crippen LogP contribution is 2.56. The Balaban J connectivity index is 1.95. The molecule has 1 aliphatic carbocycles. The zero-order valence-corrected chi connectivity index (χ0v) is 11.5. The van der Waals surface area contributed by atoms with Crippen LogP contribution in [0.2, 0.25) is 0 Å². The smallest absolute Gasteiger partial charge is 0.00256 e. The van der Waals surface area contributed by atoms with Gasteiger partial charge in [0.15, 0.2) is 0 Å². The van der Waals surface area contributed by atoms with Crippen LogP contribution in [-0.4, -0.2) is 13.1 Å². The number of piperidine rings is 1. The largest absolute Gasteiger partial charge is 0.316 e. The summed E-state index contributed by atoms with van der Waals surface area (Å²) >= 11 is 0. The topological polar surface area (TPSA) is 12.0 Å². The van der Waals surface area contributed by atoms with Gasteiger partial charge in [-0.2, -0.15) is 0 Å². The maximum atomic E-state index is 3.63. The van der Waals surface area contributed by atoms with Crippen molar-refractivity contribution in [1.82, 2.24) is 5.32 Å². The van der Waals surface area contributed by atoms with E-state index < -0.39 is 0 Å². The van der Waals surface area contributed by atoms with E-state index in [2.05, 4.69) is 42.6 Å². The molecule has 3 rings (SSSR count). The molecule has 1 aliphatic heterocycles. The Morgan fingerprint density at radius 1 is 1.22 bits per heavy atom. The quantitative estimate of drug-likeness (QED) is 0.829. The third-order valence-corrected chi connectivity index (χ3v) is 5.51. The van der Waals surface area contributed by atoms with Gasteiger partial charge in [0.05, 0.1) is 0 Å². The van der Waals surface area contributed by atoms with Gasteiger partial charge in [0.1, 0.15) is 0 Å². The van der Waals surface area contributed by atoms with Crippen LogP contribution in [0, 0.1) is 11.3 Å². The van der Waals surface area contributed by atoms with E-state index in [1.54, 1.807) is 5.56 Å². The fourth-order valence-electron chi connectivity index (χ4n) is 4.65. The van der Waals surface area contributed by atoms with Crippen LogP contribution < -0.4 is 5.32 Å². The van der Waals surface area contributed by atoms with E-state index in [9.17, 15) is 0 Å². The van der Waals surface area contributed by atoms with Crippen LogP contribution in [0.5, 0.6) is 0 Å². The molecule has 0 radical (unpaired) electrons. The van der Waals surface area contributed by atoms with E-state index in [4.69, 9.17) is 0 Å². The summed E-state index contributed by atoms with van der Waals surface area (Å²) in [5.74, 6) is 1.68. The summed E-state index contributed by atoms with van der Waals surface area (Å²) in [6.07, 6.45) is 7.10. The van der Waals surface area contributed by atoms with Gasteiger partial charge in [-0.15, -0.1) is 0 Å². The zero-order valence-electron chi connectivity index (χ0n) is 11.5. The highest BCUT2D eigenvalue weighted by Gasteiger charge is 2.48. The summed E-state index contributed by atoms with van der Waals surface area (Å²) in [6.45, 7) is 4.79. The zero-order chi connectivity index (χ0) is 12.4. The number of benzene rings is 1. The molecule has 18 heavy (non-hydrogen) atoms. The minimum atomic E-state index is 0.599. The van der Waals surface area contributed by atoms with Gasteiger partial charge < -0.3 is 5.32 Å². The molecule has 1 nitrogen and oxygen atoms in total. The molecule has 3 atom stereocenters. The molecule has 1 spiro atoms. The van der Waals surface area contributed by atoms with E-state index in [0.717, 1.165) is 11.8 Å². The van der Waals surface area contributed by atoms with Crippen LogP contribution in [0.4, 0.5) is 0 Å². The average molecular weight is 243 g/mol. The third-order valence-electron chi connectivity index (χ3n) is 5.51. The van der Waals surface area contributed by atoms with E-state index in [1.165, 1.54) is 45.2 Å². The summed E-state index contributed by atoms with van der Waals surface area (Å²) in [5.41, 5.74) is 2.16. The minimum absolute atomic E-state index is 0.599. The van der Waals surface area contributed by atoms with E-state index in [0.29, 0.717) is 5.41 Å². The van der Waals surface area contributed by atoms with Gasteiger partial charge in [0, 0.05) is 12.5 Å². The van der Waals surface area contributed by atoms with Crippen molar-refractivity contribution in [3.8, 4) is 0 Å². The molecule has 0 amide bonds. The molecule has 1 saturated carbocycles. The summed E-state index contributed by atoms with van der Waals surface area (Å²) in [4.78, 5) is 0. The van der Waals surface area contributed by atoms with Gasteiger partial charge in [-0.3, -0.25) is 0 Å². The molecule has 2 aliphatic rings. The fourth-order valence-corrected chi connectivity index (χ4v) is 4.65. The summed E-state index contributed by atoms with van der Waals surface area (Å²) in [6, 6.07) is 11.2. The second-order valence-electron chi connectivity index (χ2n) is 6.15. The number of hydrogen-bond acceptors (Lipinski definition) is 1. The molecule has 98 valence electrons. The Morgan fingerprint density at radius 2 is 2.06 bits per heavy atom. The number of rotatable bonds is 2. The average Bonchev–Trinajstić information content (AvgIpc) is 2.83. The van der Waals surface area contributed by atoms with Crippen molar-refractivity contribution in [2.24, 2.45) is 11.3 Å². The van der Waals surface area contributed by atoms with Crippen molar-refractivity contribution in [3.63, 3.8) is 0 Å². The molecular weight excluding hydrogens is 218 g/mol. The Bertz CT molecular complexity index is 386. The first-order valence-corrected chi connectivity index (χ1v) is 7.62. The van der Waals surface area contributed by atoms with Gasteiger partial charge in [0.2, 0.25) is 0 Å². The Hall–Kier alpha value is -0.820. The molecule has 1 N–H and O–H groups in total. The molecule has 1 heteroatoms. The monoisotopic (exact) mass is 243 g/mol. The normalized spacial score (nSPS) is 36.1. The van der Waals surface area contributed by atoms with Crippen LogP contribution in [0.1, 0.15) is 50.5 Å². The summed E-state index contributed by atoms with van der Waals surface area (Å²) < 4.78 is 0. The molecule has 1 saturated heterocycles. The molecule has 1 aromatic carbocycles. The lowest BCUT2D eigenvalue weighted by atomic mass is 9.61. The maximum Gasteiger partial charge on any atom is 0.00256 e. The van der Waals surface area contributed by atoms with Crippen LogP contribution in [-0.2, 0) is 0 Å². The highest BCUT2D eigenvalue weighted by molar-refractivity contribution is 5.25. The second-order valence-corrected chi connectivity index (χ2v) is 6.15. The Kier molecular flexibility index (Phi) is 3.43. The van der Waals surface area contributed by atoms with Gasteiger partial charge >= 0.3 is 0 Å². The van der Waals surface area contributed by atoms with Gasteiger partial charge in [-0.25, -0.2) is 0 Å². The second kappa shape index (κ2) is 5.05. The van der Waals surface area contributed by atoms with E-state index in [1.807, 2.05) is 0 Å². The summed E-state index contributed by atoms with van der Waals surface area (Å²) in [5, 5.41) is 3.63. The lowest BCUT2D eigenvalue weighted by Gasteiger charge is -2.46. The van der Waals surface area contributed by atoms with Crippen molar-refractivity contribution >= 4 is 0 Å². The van der Waals surface area contributed by atoms with Crippen molar-refractivity contribution in [2.45, 2.75) is 44.9 Å². The first-order valence-electron chi connectivity index (χ1n) is 7.62. The standard InChI is InChI=1S/C17H25N/c1-2-15-9-6-10-17(15)11-12-18-13-16(17)14-7-4-3-5-8-14/h3-5,7-8,15-16,18H,2,6,9-13H2,1H3. The van der Waals surface area contributed by atoms with Crippen molar-refractivity contribution in [1.29, 1.82) is 0 Å². The summed E-state index contributed by atoms with van der Waals surface area (Å²) in [7, 11) is 0. The fraction of sp³-hybridized carbons (Fsp3) is 0.647. The first kappa shape index (κ1) is 12.2. The van der Waals surface area contributed by atoms with Gasteiger partial charge in [0.25, 0.3) is 0 Å². The van der Waals surface area contributed by atoms with Crippen molar-refractivity contribution in [3.05, 3.63) is 35.9 Å². The van der Waals surface area contributed by atoms with Crippen LogP contribution in [0.3, 0.4) is 0 Å². The minimum Gasteiger partial charge on any atom is -0.316 e. The lowest BCUT2D eigenvalue weighted by molar-refractivity contribution is 0.103. The predicted molar refractivity (Wildman–Crippen MR) is 76.7 cm³/mol. The number of hydrogen-bond donors (Lipinski definition) is 1. The third kappa shape index (κ3) is 1.89. The Morgan fingerprint density at radius 3 is 2.83 bits per heavy atom. The van der Waals surface area contributed by atoms with Crippen molar-refractivity contribution in [2.75, 3.05) is 13.1 Å². The molecule has 1 heterocycles. The van der Waals surface area contributed by atoms with Crippen LogP contribution >= 0.6 is 0 Å². The molecule has 1 aromatic rings. The lowest BCUT2D eigenvalue weighted by Crippen LogP contribution is -2.45. The SMILES string of the molecule is CCC1CCCC12CCNCC2c1ccccc1. The number of nitrogens with one attached hydrogen (secondary N) is 1. The van der Waals surface area contributed by atoms with E-state index in [-0.39, 0.29) is 0 Å². The highest BCUT2D eigenvalue weighted by atomic mass is 14.9. The first-order chi connectivity index (χ1) is 8.87. The predicted octanol–water partition coefficient (Wildman–Crippen LogP) is 3.96. The maximum absolute atomic E-state index is 3.63. The van der Waals surface area contributed by atoms with Crippen LogP contribution in [0.15, 0.2) is 30.3 Å². The van der Waals surface area contributed by atoms with Gasteiger partial charge in [-0.1, -0.05) is 50.1 Å².